The molecule has 0 aromatic carbocycles. The van der Waals surface area contributed by atoms with Crippen LogP contribution in [0.15, 0.2) is 0 Å². The summed E-state index contributed by atoms with van der Waals surface area (Å²) in [4.78, 5) is 11.5. The minimum absolute atomic E-state index is 0.147. The molecule has 0 aromatic rings. The van der Waals surface area contributed by atoms with Crippen molar-refractivity contribution in [2.75, 3.05) is 7.11 Å². The molecule has 2 atom stereocenters. The zero-order chi connectivity index (χ0) is 9.90. The molecule has 76 valence electrons. The molecule has 1 rings (SSSR count). The molecule has 2 unspecified atom stereocenters. The summed E-state index contributed by atoms with van der Waals surface area (Å²) in [6, 6.07) is 0. The zero-order valence-electron chi connectivity index (χ0n) is 8.38. The van der Waals surface area contributed by atoms with E-state index in [1.807, 2.05) is 0 Å². The Bertz CT molecular complexity index is 187. The molecule has 13 heavy (non-hydrogen) atoms. The quantitative estimate of drug-likeness (QED) is 0.679. The molecule has 0 aromatic heterocycles. The van der Waals surface area contributed by atoms with Crippen LogP contribution in [0.3, 0.4) is 0 Å². The molecule has 3 nitrogen and oxygen atoms in total. The van der Waals surface area contributed by atoms with E-state index in [-0.39, 0.29) is 17.5 Å². The second kappa shape index (κ2) is 4.09. The molecule has 0 radical (unpaired) electrons. The fourth-order valence-electron chi connectivity index (χ4n) is 2.31. The molecule has 0 amide bonds. The lowest BCUT2D eigenvalue weighted by molar-refractivity contribution is -0.153. The van der Waals surface area contributed by atoms with Crippen molar-refractivity contribution in [3.63, 3.8) is 0 Å². The Kier molecular flexibility index (Phi) is 3.31. The van der Waals surface area contributed by atoms with Gasteiger partial charge in [-0.05, 0) is 25.7 Å². The standard InChI is InChI=1S/C10H18O3/c1-3-5-10(9(12)13-2)6-4-8(11)7-10/h8,11H,3-7H2,1-2H3. The molecule has 1 saturated carbocycles. The molecule has 3 heteroatoms. The van der Waals surface area contributed by atoms with Crippen LogP contribution in [0.25, 0.3) is 0 Å². The maximum Gasteiger partial charge on any atom is 0.311 e. The average Bonchev–Trinajstić information content (AvgIpc) is 2.48. The summed E-state index contributed by atoms with van der Waals surface area (Å²) in [5.41, 5.74) is -0.386. The molecule has 0 aliphatic heterocycles. The Morgan fingerprint density at radius 1 is 1.69 bits per heavy atom. The van der Waals surface area contributed by atoms with Crippen molar-refractivity contribution in [2.45, 2.75) is 45.1 Å². The largest absolute Gasteiger partial charge is 0.469 e. The predicted molar refractivity (Wildman–Crippen MR) is 49.2 cm³/mol. The number of carbonyl (C=O) groups excluding carboxylic acids is 1. The third-order valence-electron chi connectivity index (χ3n) is 2.93. The van der Waals surface area contributed by atoms with Crippen molar-refractivity contribution < 1.29 is 14.6 Å². The summed E-state index contributed by atoms with van der Waals surface area (Å²) < 4.78 is 4.79. The highest BCUT2D eigenvalue weighted by Gasteiger charge is 2.44. The van der Waals surface area contributed by atoms with Crippen LogP contribution in [-0.4, -0.2) is 24.3 Å². The first kappa shape index (κ1) is 10.5. The number of aliphatic hydroxyl groups excluding tert-OH is 1. The van der Waals surface area contributed by atoms with Gasteiger partial charge in [-0.3, -0.25) is 4.79 Å². The van der Waals surface area contributed by atoms with Gasteiger partial charge in [0.15, 0.2) is 0 Å². The Morgan fingerprint density at radius 2 is 2.38 bits per heavy atom. The lowest BCUT2D eigenvalue weighted by Gasteiger charge is -2.24. The van der Waals surface area contributed by atoms with Gasteiger partial charge in [0, 0.05) is 0 Å². The van der Waals surface area contributed by atoms with Crippen molar-refractivity contribution in [3.8, 4) is 0 Å². The topological polar surface area (TPSA) is 46.5 Å². The van der Waals surface area contributed by atoms with Gasteiger partial charge < -0.3 is 9.84 Å². The van der Waals surface area contributed by atoms with Gasteiger partial charge in [0.1, 0.15) is 0 Å². The first-order valence-corrected chi connectivity index (χ1v) is 4.91. The summed E-state index contributed by atoms with van der Waals surface area (Å²) >= 11 is 0. The summed E-state index contributed by atoms with van der Waals surface area (Å²) in [6.45, 7) is 2.05. The first-order chi connectivity index (χ1) is 6.14. The van der Waals surface area contributed by atoms with E-state index in [0.717, 1.165) is 25.7 Å². The summed E-state index contributed by atoms with van der Waals surface area (Å²) in [7, 11) is 1.42. The Morgan fingerprint density at radius 3 is 2.77 bits per heavy atom. The van der Waals surface area contributed by atoms with Crippen LogP contribution in [0.2, 0.25) is 0 Å². The Hall–Kier alpha value is -0.570. The van der Waals surface area contributed by atoms with E-state index >= 15 is 0 Å². The van der Waals surface area contributed by atoms with E-state index in [2.05, 4.69) is 6.92 Å². The molecule has 0 spiro atoms. The van der Waals surface area contributed by atoms with Gasteiger partial charge in [0.25, 0.3) is 0 Å². The van der Waals surface area contributed by atoms with Gasteiger partial charge in [0.05, 0.1) is 18.6 Å². The smallest absolute Gasteiger partial charge is 0.311 e. The average molecular weight is 186 g/mol. The first-order valence-electron chi connectivity index (χ1n) is 4.91. The van der Waals surface area contributed by atoms with E-state index in [9.17, 15) is 9.90 Å². The molecule has 1 aliphatic rings. The number of methoxy groups -OCH3 is 1. The normalized spacial score (nSPS) is 33.3. The molecule has 0 saturated heterocycles. The second-order valence-corrected chi connectivity index (χ2v) is 3.92. The van der Waals surface area contributed by atoms with Crippen molar-refractivity contribution in [1.29, 1.82) is 0 Å². The monoisotopic (exact) mass is 186 g/mol. The van der Waals surface area contributed by atoms with E-state index in [0.29, 0.717) is 6.42 Å². The minimum Gasteiger partial charge on any atom is -0.469 e. The van der Waals surface area contributed by atoms with Gasteiger partial charge in [0.2, 0.25) is 0 Å². The van der Waals surface area contributed by atoms with Crippen LogP contribution in [0.4, 0.5) is 0 Å². The van der Waals surface area contributed by atoms with Gasteiger partial charge >= 0.3 is 5.97 Å². The van der Waals surface area contributed by atoms with E-state index in [1.54, 1.807) is 0 Å². The van der Waals surface area contributed by atoms with E-state index < -0.39 is 0 Å². The zero-order valence-corrected chi connectivity index (χ0v) is 8.38. The molecular formula is C10H18O3. The highest BCUT2D eigenvalue weighted by molar-refractivity contribution is 5.77. The van der Waals surface area contributed by atoms with Crippen molar-refractivity contribution in [1.82, 2.24) is 0 Å². The summed E-state index contributed by atoms with van der Waals surface area (Å²) in [6.07, 6.45) is 3.56. The third-order valence-corrected chi connectivity index (χ3v) is 2.93. The van der Waals surface area contributed by atoms with Crippen molar-refractivity contribution in [2.24, 2.45) is 5.41 Å². The number of ether oxygens (including phenoxy) is 1. The van der Waals surface area contributed by atoms with E-state index in [1.165, 1.54) is 7.11 Å². The molecular weight excluding hydrogens is 168 g/mol. The molecule has 1 aliphatic carbocycles. The number of rotatable bonds is 3. The van der Waals surface area contributed by atoms with Crippen LogP contribution >= 0.6 is 0 Å². The fourth-order valence-corrected chi connectivity index (χ4v) is 2.31. The maximum atomic E-state index is 11.5. The molecule has 1 N–H and O–H groups in total. The minimum atomic E-state index is -0.386. The van der Waals surface area contributed by atoms with Crippen LogP contribution in [0.1, 0.15) is 39.0 Å². The summed E-state index contributed by atoms with van der Waals surface area (Å²) in [5.74, 6) is -0.147. The highest BCUT2D eigenvalue weighted by atomic mass is 16.5. The van der Waals surface area contributed by atoms with Crippen molar-refractivity contribution in [3.05, 3.63) is 0 Å². The van der Waals surface area contributed by atoms with Gasteiger partial charge in [-0.2, -0.15) is 0 Å². The van der Waals surface area contributed by atoms with Gasteiger partial charge in [-0.25, -0.2) is 0 Å². The van der Waals surface area contributed by atoms with Crippen LogP contribution < -0.4 is 0 Å². The van der Waals surface area contributed by atoms with Crippen LogP contribution in [0, 0.1) is 5.41 Å². The molecule has 0 heterocycles. The second-order valence-electron chi connectivity index (χ2n) is 3.92. The third kappa shape index (κ3) is 2.02. The number of hydrogen-bond donors (Lipinski definition) is 1. The molecule has 1 fully saturated rings. The predicted octanol–water partition coefficient (Wildman–Crippen LogP) is 1.49. The fraction of sp³-hybridized carbons (Fsp3) is 0.900. The van der Waals surface area contributed by atoms with Crippen LogP contribution in [-0.2, 0) is 9.53 Å². The summed E-state index contributed by atoms with van der Waals surface area (Å²) in [5, 5.41) is 9.43. The maximum absolute atomic E-state index is 11.5. The Labute approximate surface area is 79.1 Å². The SMILES string of the molecule is CCCC1(C(=O)OC)CCC(O)C1. The van der Waals surface area contributed by atoms with Gasteiger partial charge in [-0.1, -0.05) is 13.3 Å². The number of esters is 1. The van der Waals surface area contributed by atoms with Gasteiger partial charge in [-0.15, -0.1) is 0 Å². The van der Waals surface area contributed by atoms with Crippen LogP contribution in [0.5, 0.6) is 0 Å². The lowest BCUT2D eigenvalue weighted by atomic mass is 9.82. The number of aliphatic hydroxyl groups is 1. The van der Waals surface area contributed by atoms with Crippen molar-refractivity contribution >= 4 is 5.97 Å². The number of carbonyl (C=O) groups is 1. The molecule has 0 bridgehead atoms. The highest BCUT2D eigenvalue weighted by Crippen LogP contribution is 2.42. The Balaban J connectivity index is 2.70. The lowest BCUT2D eigenvalue weighted by Crippen LogP contribution is -2.30. The van der Waals surface area contributed by atoms with E-state index in [4.69, 9.17) is 4.74 Å². The number of hydrogen-bond acceptors (Lipinski definition) is 3.